The number of amides is 1. The number of rotatable bonds is 3. The molecule has 1 aliphatic rings. The van der Waals surface area contributed by atoms with Crippen LogP contribution in [0.5, 0.6) is 5.75 Å². The van der Waals surface area contributed by atoms with Gasteiger partial charge in [-0.25, -0.2) is 10.4 Å². The topological polar surface area (TPSA) is 79.5 Å². The number of phenolic OH excluding ortho intramolecular Hbond substituents is 1. The average molecular weight is 320 g/mol. The molecule has 3 aromatic rings. The summed E-state index contributed by atoms with van der Waals surface area (Å²) < 4.78 is 1.79. The van der Waals surface area contributed by atoms with Crippen LogP contribution < -0.4 is 5.43 Å². The largest absolute Gasteiger partial charge is 0.508 e. The van der Waals surface area contributed by atoms with Crippen LogP contribution in [0.1, 0.15) is 17.5 Å². The second-order valence-corrected chi connectivity index (χ2v) is 5.76. The molecule has 4 rings (SSSR count). The summed E-state index contributed by atoms with van der Waals surface area (Å²) in [7, 11) is 0. The standard InChI is InChI=1S/C18H16N4O2/c23-17-7-3-4-12-13(17)8-9-14(12)20-21-18(24)10-22-11-19-15-5-1-2-6-16(15)22/h1-7,11,23H,8-10H2,(H,21,24). The zero-order chi connectivity index (χ0) is 16.5. The van der Waals surface area contributed by atoms with Crippen molar-refractivity contribution >= 4 is 22.7 Å². The van der Waals surface area contributed by atoms with Gasteiger partial charge in [0, 0.05) is 11.1 Å². The van der Waals surface area contributed by atoms with E-state index in [4.69, 9.17) is 0 Å². The number of benzene rings is 2. The van der Waals surface area contributed by atoms with E-state index >= 15 is 0 Å². The molecule has 6 nitrogen and oxygen atoms in total. The van der Waals surface area contributed by atoms with Crippen molar-refractivity contribution in [1.29, 1.82) is 0 Å². The van der Waals surface area contributed by atoms with E-state index < -0.39 is 0 Å². The number of nitrogens with zero attached hydrogens (tertiary/aromatic N) is 3. The highest BCUT2D eigenvalue weighted by Gasteiger charge is 2.20. The van der Waals surface area contributed by atoms with Crippen molar-refractivity contribution in [3.05, 3.63) is 59.9 Å². The van der Waals surface area contributed by atoms with E-state index in [1.165, 1.54) is 0 Å². The predicted octanol–water partition coefficient (Wildman–Crippen LogP) is 2.21. The van der Waals surface area contributed by atoms with Gasteiger partial charge in [0.2, 0.25) is 0 Å². The summed E-state index contributed by atoms with van der Waals surface area (Å²) in [4.78, 5) is 16.4. The molecular weight excluding hydrogens is 304 g/mol. The lowest BCUT2D eigenvalue weighted by atomic mass is 10.1. The van der Waals surface area contributed by atoms with Gasteiger partial charge in [-0.15, -0.1) is 0 Å². The van der Waals surface area contributed by atoms with Gasteiger partial charge in [-0.05, 0) is 31.0 Å². The Balaban J connectivity index is 1.49. The maximum atomic E-state index is 12.2. The van der Waals surface area contributed by atoms with Gasteiger partial charge in [0.15, 0.2) is 0 Å². The Morgan fingerprint density at radius 3 is 3.00 bits per heavy atom. The average Bonchev–Trinajstić information content (AvgIpc) is 3.19. The molecule has 0 radical (unpaired) electrons. The van der Waals surface area contributed by atoms with Crippen molar-refractivity contribution < 1.29 is 9.90 Å². The van der Waals surface area contributed by atoms with Crippen LogP contribution in [0, 0.1) is 0 Å². The summed E-state index contributed by atoms with van der Waals surface area (Å²) in [5.41, 5.74) is 6.97. The van der Waals surface area contributed by atoms with Crippen LogP contribution in [0.25, 0.3) is 11.0 Å². The smallest absolute Gasteiger partial charge is 0.260 e. The molecule has 1 amide bonds. The van der Waals surface area contributed by atoms with Crippen LogP contribution in [-0.2, 0) is 17.8 Å². The number of hydrogen-bond donors (Lipinski definition) is 2. The summed E-state index contributed by atoms with van der Waals surface area (Å²) in [5.74, 6) is 0.0770. The lowest BCUT2D eigenvalue weighted by Gasteiger charge is -2.05. The minimum Gasteiger partial charge on any atom is -0.508 e. The molecule has 0 bridgehead atoms. The van der Waals surface area contributed by atoms with Gasteiger partial charge in [0.05, 0.1) is 23.1 Å². The first-order valence-corrected chi connectivity index (χ1v) is 7.79. The Morgan fingerprint density at radius 1 is 1.21 bits per heavy atom. The Morgan fingerprint density at radius 2 is 2.08 bits per heavy atom. The molecule has 0 fully saturated rings. The summed E-state index contributed by atoms with van der Waals surface area (Å²) in [6.07, 6.45) is 3.10. The van der Waals surface area contributed by atoms with Gasteiger partial charge in [0.25, 0.3) is 5.91 Å². The van der Waals surface area contributed by atoms with Gasteiger partial charge in [-0.3, -0.25) is 4.79 Å². The quantitative estimate of drug-likeness (QED) is 0.726. The van der Waals surface area contributed by atoms with E-state index in [9.17, 15) is 9.90 Å². The van der Waals surface area contributed by atoms with E-state index in [-0.39, 0.29) is 18.2 Å². The third-order valence-electron chi connectivity index (χ3n) is 4.23. The second-order valence-electron chi connectivity index (χ2n) is 5.76. The minimum atomic E-state index is -0.209. The fourth-order valence-corrected chi connectivity index (χ4v) is 3.06. The monoisotopic (exact) mass is 320 g/mol. The van der Waals surface area contributed by atoms with Gasteiger partial charge in [-0.2, -0.15) is 5.10 Å². The summed E-state index contributed by atoms with van der Waals surface area (Å²) in [6, 6.07) is 13.0. The highest BCUT2D eigenvalue weighted by Crippen LogP contribution is 2.29. The molecule has 0 saturated heterocycles. The van der Waals surface area contributed by atoms with E-state index in [1.807, 2.05) is 30.3 Å². The van der Waals surface area contributed by atoms with Crippen LogP contribution >= 0.6 is 0 Å². The van der Waals surface area contributed by atoms with Crippen molar-refractivity contribution in [3.63, 3.8) is 0 Å². The van der Waals surface area contributed by atoms with Crippen LogP contribution in [0.2, 0.25) is 0 Å². The zero-order valence-corrected chi connectivity index (χ0v) is 12.9. The van der Waals surface area contributed by atoms with Crippen LogP contribution in [-0.4, -0.2) is 26.3 Å². The molecule has 2 aromatic carbocycles. The van der Waals surface area contributed by atoms with E-state index in [0.717, 1.165) is 34.3 Å². The molecule has 6 heteroatoms. The Kier molecular flexibility index (Phi) is 3.49. The van der Waals surface area contributed by atoms with Crippen molar-refractivity contribution in [2.75, 3.05) is 0 Å². The van der Waals surface area contributed by atoms with Gasteiger partial charge in [0.1, 0.15) is 12.3 Å². The number of carbonyl (C=O) groups is 1. The van der Waals surface area contributed by atoms with E-state index in [1.54, 1.807) is 23.0 Å². The number of phenols is 1. The fraction of sp³-hybridized carbons (Fsp3) is 0.167. The third kappa shape index (κ3) is 2.52. The number of aromatic hydroxyl groups is 1. The maximum absolute atomic E-state index is 12.2. The highest BCUT2D eigenvalue weighted by molar-refractivity contribution is 6.05. The molecule has 0 unspecified atom stereocenters. The molecule has 2 N–H and O–H groups in total. The number of hydrazone groups is 1. The Hall–Kier alpha value is -3.15. The molecule has 0 saturated carbocycles. The van der Waals surface area contributed by atoms with Crippen LogP contribution in [0.15, 0.2) is 53.9 Å². The number of carbonyl (C=O) groups excluding carboxylic acids is 1. The van der Waals surface area contributed by atoms with Gasteiger partial charge < -0.3 is 9.67 Å². The fourth-order valence-electron chi connectivity index (χ4n) is 3.06. The summed E-state index contributed by atoms with van der Waals surface area (Å²) >= 11 is 0. The molecule has 0 atom stereocenters. The number of fused-ring (bicyclic) bond motifs is 2. The van der Waals surface area contributed by atoms with Crippen molar-refractivity contribution in [2.24, 2.45) is 5.10 Å². The normalized spacial score (nSPS) is 14.9. The molecule has 24 heavy (non-hydrogen) atoms. The van der Waals surface area contributed by atoms with E-state index in [2.05, 4.69) is 15.5 Å². The lowest BCUT2D eigenvalue weighted by molar-refractivity contribution is -0.121. The Bertz CT molecular complexity index is 959. The molecule has 1 aliphatic carbocycles. The van der Waals surface area contributed by atoms with Gasteiger partial charge >= 0.3 is 0 Å². The zero-order valence-electron chi connectivity index (χ0n) is 12.9. The molecule has 0 aliphatic heterocycles. The van der Waals surface area contributed by atoms with Crippen molar-refractivity contribution in [1.82, 2.24) is 15.0 Å². The maximum Gasteiger partial charge on any atom is 0.260 e. The molecular formula is C18H16N4O2. The molecule has 120 valence electrons. The highest BCUT2D eigenvalue weighted by atomic mass is 16.3. The van der Waals surface area contributed by atoms with Crippen molar-refractivity contribution in [2.45, 2.75) is 19.4 Å². The number of imidazole rings is 1. The molecule has 1 heterocycles. The van der Waals surface area contributed by atoms with Gasteiger partial charge in [-0.1, -0.05) is 24.3 Å². The SMILES string of the molecule is O=C(Cn1cnc2ccccc21)NN=C1CCc2c(O)cccc21. The van der Waals surface area contributed by atoms with E-state index in [0.29, 0.717) is 6.42 Å². The number of aromatic nitrogens is 2. The van der Waals surface area contributed by atoms with Crippen LogP contribution in [0.3, 0.4) is 0 Å². The Labute approximate surface area is 138 Å². The first kappa shape index (κ1) is 14.4. The first-order valence-electron chi connectivity index (χ1n) is 7.79. The second kappa shape index (κ2) is 5.81. The lowest BCUT2D eigenvalue weighted by Crippen LogP contribution is -2.24. The third-order valence-corrected chi connectivity index (χ3v) is 4.23. The van der Waals surface area contributed by atoms with Crippen LogP contribution in [0.4, 0.5) is 0 Å². The molecule has 1 aromatic heterocycles. The van der Waals surface area contributed by atoms with Crippen molar-refractivity contribution in [3.8, 4) is 5.75 Å². The number of nitrogens with one attached hydrogen (secondary N) is 1. The number of hydrogen-bond acceptors (Lipinski definition) is 4. The number of para-hydroxylation sites is 2. The predicted molar refractivity (Wildman–Crippen MR) is 90.8 cm³/mol. The minimum absolute atomic E-state index is 0.157. The first-order chi connectivity index (χ1) is 11.7. The summed E-state index contributed by atoms with van der Waals surface area (Å²) in [6.45, 7) is 0.157. The summed E-state index contributed by atoms with van der Waals surface area (Å²) in [5, 5.41) is 14.1. The molecule has 0 spiro atoms.